The number of Topliss-reactive ketones (excluding diaryl/α,β-unsaturated/α-hetero) is 1. The van der Waals surface area contributed by atoms with Crippen LogP contribution in [0.1, 0.15) is 73.3 Å². The fourth-order valence-electron chi connectivity index (χ4n) is 3.60. The number of carbonyl (C=O) groups is 3. The van der Waals surface area contributed by atoms with Crippen LogP contribution in [0.3, 0.4) is 0 Å². The summed E-state index contributed by atoms with van der Waals surface area (Å²) >= 11 is 0. The molecule has 0 atom stereocenters. The van der Waals surface area contributed by atoms with Crippen molar-refractivity contribution in [2.75, 3.05) is 6.61 Å². The summed E-state index contributed by atoms with van der Waals surface area (Å²) in [5, 5.41) is 0. The SMILES string of the molecule is CCOC(=O)c1cc(Cc2[nH]c(C(=O)OCc3ccccc3)c(C)c2C(C)=O)[nH]c1C. The van der Waals surface area contributed by atoms with E-state index in [1.54, 1.807) is 26.8 Å². The molecule has 0 saturated carbocycles. The van der Waals surface area contributed by atoms with Gasteiger partial charge in [-0.05, 0) is 44.9 Å². The summed E-state index contributed by atoms with van der Waals surface area (Å²) in [6.07, 6.45) is 0.321. The number of carbonyl (C=O) groups excluding carboxylic acids is 3. The summed E-state index contributed by atoms with van der Waals surface area (Å²) in [5.74, 6) is -1.08. The van der Waals surface area contributed by atoms with Gasteiger partial charge in [-0.25, -0.2) is 9.59 Å². The number of rotatable bonds is 8. The number of ether oxygens (including phenoxy) is 2. The molecule has 0 radical (unpaired) electrons. The van der Waals surface area contributed by atoms with Crippen molar-refractivity contribution in [3.05, 3.63) is 81.4 Å². The van der Waals surface area contributed by atoms with Gasteiger partial charge in [0.05, 0.1) is 12.2 Å². The third-order valence-corrected chi connectivity index (χ3v) is 5.03. The Bertz CT molecular complexity index is 1110. The summed E-state index contributed by atoms with van der Waals surface area (Å²) < 4.78 is 10.5. The van der Waals surface area contributed by atoms with Crippen molar-refractivity contribution >= 4 is 17.7 Å². The van der Waals surface area contributed by atoms with E-state index in [-0.39, 0.29) is 24.7 Å². The van der Waals surface area contributed by atoms with Crippen molar-refractivity contribution in [2.45, 2.75) is 40.7 Å². The summed E-state index contributed by atoms with van der Waals surface area (Å²) in [4.78, 5) is 43.3. The van der Waals surface area contributed by atoms with Crippen LogP contribution in [0.15, 0.2) is 36.4 Å². The minimum Gasteiger partial charge on any atom is -0.462 e. The molecule has 0 aliphatic rings. The lowest BCUT2D eigenvalue weighted by Crippen LogP contribution is -2.07. The van der Waals surface area contributed by atoms with Crippen LogP contribution in [-0.2, 0) is 22.5 Å². The maximum atomic E-state index is 12.7. The lowest BCUT2D eigenvalue weighted by atomic mass is 10.0. The molecule has 0 aliphatic carbocycles. The van der Waals surface area contributed by atoms with E-state index >= 15 is 0 Å². The summed E-state index contributed by atoms with van der Waals surface area (Å²) in [6, 6.07) is 11.1. The van der Waals surface area contributed by atoms with Gasteiger partial charge in [-0.15, -0.1) is 0 Å². The van der Waals surface area contributed by atoms with E-state index in [4.69, 9.17) is 9.47 Å². The molecule has 0 aliphatic heterocycles. The molecule has 3 rings (SSSR count). The number of esters is 2. The average Bonchev–Trinajstić information content (AvgIpc) is 3.26. The van der Waals surface area contributed by atoms with Crippen LogP contribution >= 0.6 is 0 Å². The zero-order valence-corrected chi connectivity index (χ0v) is 18.1. The zero-order valence-electron chi connectivity index (χ0n) is 18.1. The molecule has 0 unspecified atom stereocenters. The highest BCUT2D eigenvalue weighted by Crippen LogP contribution is 2.24. The molecule has 2 heterocycles. The van der Waals surface area contributed by atoms with Crippen LogP contribution in [0, 0.1) is 13.8 Å². The largest absolute Gasteiger partial charge is 0.462 e. The van der Waals surface area contributed by atoms with Crippen molar-refractivity contribution in [3.8, 4) is 0 Å². The van der Waals surface area contributed by atoms with Gasteiger partial charge in [0.25, 0.3) is 0 Å². The maximum Gasteiger partial charge on any atom is 0.355 e. The number of aryl methyl sites for hydroxylation is 1. The van der Waals surface area contributed by atoms with Crippen molar-refractivity contribution in [1.29, 1.82) is 0 Å². The first-order valence-electron chi connectivity index (χ1n) is 10.1. The van der Waals surface area contributed by atoms with E-state index in [2.05, 4.69) is 9.97 Å². The molecule has 7 heteroatoms. The standard InChI is InChI=1S/C24H26N2O5/c1-5-30-23(28)19-11-18(25-15(19)3)12-20-21(16(4)27)14(2)22(26-20)24(29)31-13-17-9-7-6-8-10-17/h6-11,25-26H,5,12-13H2,1-4H3. The molecule has 2 N–H and O–H groups in total. The molecule has 162 valence electrons. The highest BCUT2D eigenvalue weighted by molar-refractivity contribution is 6.01. The lowest BCUT2D eigenvalue weighted by Gasteiger charge is -2.04. The van der Waals surface area contributed by atoms with Crippen LogP contribution < -0.4 is 0 Å². The predicted molar refractivity (Wildman–Crippen MR) is 115 cm³/mol. The van der Waals surface area contributed by atoms with Crippen LogP contribution in [0.25, 0.3) is 0 Å². The van der Waals surface area contributed by atoms with Gasteiger partial charge >= 0.3 is 11.9 Å². The van der Waals surface area contributed by atoms with Crippen LogP contribution in [0.2, 0.25) is 0 Å². The van der Waals surface area contributed by atoms with E-state index in [9.17, 15) is 14.4 Å². The van der Waals surface area contributed by atoms with E-state index in [0.29, 0.717) is 34.5 Å². The zero-order chi connectivity index (χ0) is 22.5. The minimum absolute atomic E-state index is 0.140. The van der Waals surface area contributed by atoms with Crippen molar-refractivity contribution in [1.82, 2.24) is 9.97 Å². The first-order chi connectivity index (χ1) is 14.8. The number of benzene rings is 1. The first-order valence-corrected chi connectivity index (χ1v) is 10.1. The van der Waals surface area contributed by atoms with Crippen molar-refractivity contribution in [3.63, 3.8) is 0 Å². The number of hydrogen-bond donors (Lipinski definition) is 2. The number of aromatic amines is 2. The fraction of sp³-hybridized carbons (Fsp3) is 0.292. The molecule has 3 aromatic rings. The normalized spacial score (nSPS) is 10.7. The van der Waals surface area contributed by atoms with Gasteiger partial charge in [-0.1, -0.05) is 30.3 Å². The molecule has 0 fully saturated rings. The molecule has 0 saturated heterocycles. The predicted octanol–water partition coefficient (Wildman–Crippen LogP) is 4.29. The Morgan fingerprint density at radius 1 is 0.968 bits per heavy atom. The second-order valence-corrected chi connectivity index (χ2v) is 7.33. The van der Waals surface area contributed by atoms with E-state index < -0.39 is 11.9 Å². The first kappa shape index (κ1) is 22.1. The Morgan fingerprint density at radius 3 is 2.32 bits per heavy atom. The number of H-pyrrole nitrogens is 2. The highest BCUT2D eigenvalue weighted by Gasteiger charge is 2.24. The monoisotopic (exact) mass is 422 g/mol. The number of nitrogens with one attached hydrogen (secondary N) is 2. The molecule has 0 spiro atoms. The molecule has 1 aromatic carbocycles. The van der Waals surface area contributed by atoms with Gasteiger partial charge in [0.2, 0.25) is 0 Å². The number of aromatic nitrogens is 2. The lowest BCUT2D eigenvalue weighted by molar-refractivity contribution is 0.0464. The Hall–Kier alpha value is -3.61. The van der Waals surface area contributed by atoms with E-state index in [1.807, 2.05) is 30.3 Å². The Kier molecular flexibility index (Phi) is 6.74. The smallest absolute Gasteiger partial charge is 0.355 e. The summed E-state index contributed by atoms with van der Waals surface area (Å²) in [5.41, 5.74) is 4.59. The molecule has 0 bridgehead atoms. The molecule has 2 aromatic heterocycles. The van der Waals surface area contributed by atoms with Crippen LogP contribution in [0.5, 0.6) is 0 Å². The average molecular weight is 422 g/mol. The van der Waals surface area contributed by atoms with E-state index in [0.717, 1.165) is 11.3 Å². The Morgan fingerprint density at radius 2 is 1.68 bits per heavy atom. The third-order valence-electron chi connectivity index (χ3n) is 5.03. The molecular formula is C24H26N2O5. The van der Waals surface area contributed by atoms with Gasteiger partial charge < -0.3 is 19.4 Å². The topological polar surface area (TPSA) is 101 Å². The highest BCUT2D eigenvalue weighted by atomic mass is 16.5. The fourth-order valence-corrected chi connectivity index (χ4v) is 3.60. The second-order valence-electron chi connectivity index (χ2n) is 7.33. The summed E-state index contributed by atoms with van der Waals surface area (Å²) in [6.45, 7) is 7.15. The van der Waals surface area contributed by atoms with E-state index in [1.165, 1.54) is 6.92 Å². The molecule has 0 amide bonds. The maximum absolute atomic E-state index is 12.7. The quantitative estimate of drug-likeness (QED) is 0.417. The minimum atomic E-state index is -0.523. The molecule has 31 heavy (non-hydrogen) atoms. The van der Waals surface area contributed by atoms with Gasteiger partial charge in [0.1, 0.15) is 12.3 Å². The van der Waals surface area contributed by atoms with Gasteiger partial charge in [0, 0.05) is 29.1 Å². The van der Waals surface area contributed by atoms with Crippen LogP contribution in [0.4, 0.5) is 0 Å². The van der Waals surface area contributed by atoms with Gasteiger partial charge in [-0.3, -0.25) is 4.79 Å². The van der Waals surface area contributed by atoms with Crippen molar-refractivity contribution in [2.24, 2.45) is 0 Å². The second kappa shape index (κ2) is 9.47. The molecular weight excluding hydrogens is 396 g/mol. The third kappa shape index (κ3) is 4.94. The Labute approximate surface area is 180 Å². The molecule has 7 nitrogen and oxygen atoms in total. The summed E-state index contributed by atoms with van der Waals surface area (Å²) in [7, 11) is 0. The number of hydrogen-bond acceptors (Lipinski definition) is 5. The Balaban J connectivity index is 1.84. The van der Waals surface area contributed by atoms with Crippen LogP contribution in [-0.4, -0.2) is 34.3 Å². The van der Waals surface area contributed by atoms with Gasteiger partial charge in [0.15, 0.2) is 5.78 Å². The number of ketones is 1. The van der Waals surface area contributed by atoms with Gasteiger partial charge in [-0.2, -0.15) is 0 Å². The van der Waals surface area contributed by atoms with Crippen molar-refractivity contribution < 1.29 is 23.9 Å².